The van der Waals surface area contributed by atoms with Crippen LogP contribution in [0.2, 0.25) is 0 Å². The van der Waals surface area contributed by atoms with Gasteiger partial charge < -0.3 is 14.6 Å². The summed E-state index contributed by atoms with van der Waals surface area (Å²) in [5, 5.41) is 23.1. The monoisotopic (exact) mass is 503 g/mol. The molecule has 0 saturated heterocycles. The number of aromatic hydroxyl groups is 1. The third-order valence-electron chi connectivity index (χ3n) is 5.01. The standard InChI is InChI=1S/C26H25N5O4S/c1-3-35-23-15-18(9-14-22(23)32)16-27-28-24(33)17-36-26-30-29-25(19-7-5-4-6-8-19)31(26)20-10-12-21(34-2)13-11-20/h4-16,32H,3,17H2,1-2H3,(H,28,33). The van der Waals surface area contributed by atoms with Crippen LogP contribution in [0.25, 0.3) is 17.1 Å². The largest absolute Gasteiger partial charge is 0.504 e. The summed E-state index contributed by atoms with van der Waals surface area (Å²) in [5.74, 6) is 1.59. The van der Waals surface area contributed by atoms with Crippen LogP contribution >= 0.6 is 11.8 Å². The Morgan fingerprint density at radius 1 is 1.11 bits per heavy atom. The van der Waals surface area contributed by atoms with E-state index in [0.717, 1.165) is 17.0 Å². The van der Waals surface area contributed by atoms with E-state index in [4.69, 9.17) is 9.47 Å². The normalized spacial score (nSPS) is 10.9. The predicted octanol–water partition coefficient (Wildman–Crippen LogP) is 4.29. The second kappa shape index (κ2) is 11.9. The summed E-state index contributed by atoms with van der Waals surface area (Å²) < 4.78 is 12.5. The van der Waals surface area contributed by atoms with Crippen molar-refractivity contribution in [1.29, 1.82) is 0 Å². The highest BCUT2D eigenvalue weighted by Crippen LogP contribution is 2.29. The van der Waals surface area contributed by atoms with Crippen molar-refractivity contribution in [1.82, 2.24) is 20.2 Å². The number of phenols is 1. The Labute approximate surface area is 212 Å². The number of hydrazone groups is 1. The molecule has 36 heavy (non-hydrogen) atoms. The topological polar surface area (TPSA) is 111 Å². The molecule has 0 aliphatic carbocycles. The number of benzene rings is 3. The number of methoxy groups -OCH3 is 1. The molecule has 1 heterocycles. The van der Waals surface area contributed by atoms with Gasteiger partial charge in [-0.05, 0) is 55.0 Å². The highest BCUT2D eigenvalue weighted by molar-refractivity contribution is 7.99. The van der Waals surface area contributed by atoms with Crippen molar-refractivity contribution in [2.45, 2.75) is 12.1 Å². The van der Waals surface area contributed by atoms with Gasteiger partial charge in [-0.2, -0.15) is 5.10 Å². The molecule has 4 rings (SSSR count). The van der Waals surface area contributed by atoms with Gasteiger partial charge in [-0.3, -0.25) is 9.36 Å². The number of nitrogens with one attached hydrogen (secondary N) is 1. The van der Waals surface area contributed by atoms with Crippen LogP contribution in [0.5, 0.6) is 17.2 Å². The fourth-order valence-electron chi connectivity index (χ4n) is 3.32. The second-order valence-corrected chi connectivity index (χ2v) is 8.39. The zero-order valence-electron chi connectivity index (χ0n) is 19.8. The van der Waals surface area contributed by atoms with Crippen LogP contribution in [0.4, 0.5) is 0 Å². The number of hydrogen-bond acceptors (Lipinski definition) is 8. The van der Waals surface area contributed by atoms with Crippen LogP contribution in [0.1, 0.15) is 12.5 Å². The van der Waals surface area contributed by atoms with Crippen LogP contribution in [0.3, 0.4) is 0 Å². The molecule has 1 aromatic heterocycles. The smallest absolute Gasteiger partial charge is 0.250 e. The molecule has 3 aromatic carbocycles. The summed E-state index contributed by atoms with van der Waals surface area (Å²) in [4.78, 5) is 12.5. The van der Waals surface area contributed by atoms with Crippen molar-refractivity contribution in [3.63, 3.8) is 0 Å². The third kappa shape index (κ3) is 6.02. The Morgan fingerprint density at radius 2 is 1.89 bits per heavy atom. The quantitative estimate of drug-likeness (QED) is 0.189. The van der Waals surface area contributed by atoms with Crippen LogP contribution < -0.4 is 14.9 Å². The fourth-order valence-corrected chi connectivity index (χ4v) is 4.07. The molecule has 4 aromatic rings. The van der Waals surface area contributed by atoms with Gasteiger partial charge in [0.2, 0.25) is 0 Å². The number of carbonyl (C=O) groups is 1. The first-order chi connectivity index (χ1) is 17.6. The minimum Gasteiger partial charge on any atom is -0.504 e. The van der Waals surface area contributed by atoms with Gasteiger partial charge in [-0.25, -0.2) is 5.43 Å². The Balaban J connectivity index is 1.47. The Bertz CT molecular complexity index is 1340. The van der Waals surface area contributed by atoms with Crippen molar-refractivity contribution in [2.75, 3.05) is 19.5 Å². The average molecular weight is 504 g/mol. The van der Waals surface area contributed by atoms with Gasteiger partial charge in [0.05, 0.1) is 25.7 Å². The van der Waals surface area contributed by atoms with E-state index >= 15 is 0 Å². The highest BCUT2D eigenvalue weighted by Gasteiger charge is 2.17. The molecule has 0 fully saturated rings. The first-order valence-corrected chi connectivity index (χ1v) is 12.1. The SMILES string of the molecule is CCOc1cc(C=NNC(=O)CSc2nnc(-c3ccccc3)n2-c2ccc(OC)cc2)ccc1O. The molecule has 9 nitrogen and oxygen atoms in total. The summed E-state index contributed by atoms with van der Waals surface area (Å²) in [6.07, 6.45) is 1.48. The van der Waals surface area contributed by atoms with E-state index in [-0.39, 0.29) is 17.4 Å². The van der Waals surface area contributed by atoms with Gasteiger partial charge in [0.15, 0.2) is 22.5 Å². The molecule has 0 spiro atoms. The Hall–Kier alpha value is -4.31. The molecular formula is C26H25N5O4S. The summed E-state index contributed by atoms with van der Waals surface area (Å²) in [6.45, 7) is 2.26. The number of rotatable bonds is 10. The minimum atomic E-state index is -0.300. The minimum absolute atomic E-state index is 0.0466. The Morgan fingerprint density at radius 3 is 2.61 bits per heavy atom. The predicted molar refractivity (Wildman–Crippen MR) is 139 cm³/mol. The van der Waals surface area contributed by atoms with Gasteiger partial charge in [-0.1, -0.05) is 42.1 Å². The van der Waals surface area contributed by atoms with Gasteiger partial charge in [0.1, 0.15) is 5.75 Å². The van der Waals surface area contributed by atoms with Crippen LogP contribution in [0.15, 0.2) is 83.1 Å². The van der Waals surface area contributed by atoms with E-state index < -0.39 is 0 Å². The molecule has 0 unspecified atom stereocenters. The van der Waals surface area contributed by atoms with Gasteiger partial charge in [0.25, 0.3) is 5.91 Å². The van der Waals surface area contributed by atoms with E-state index in [1.807, 2.05) is 66.1 Å². The van der Waals surface area contributed by atoms with Gasteiger partial charge in [0, 0.05) is 11.3 Å². The Kier molecular flexibility index (Phi) is 8.20. The zero-order valence-corrected chi connectivity index (χ0v) is 20.6. The first-order valence-electron chi connectivity index (χ1n) is 11.1. The molecule has 0 atom stereocenters. The van der Waals surface area contributed by atoms with Crippen LogP contribution in [0, 0.1) is 0 Å². The lowest BCUT2D eigenvalue weighted by molar-refractivity contribution is -0.118. The van der Waals surface area contributed by atoms with Crippen molar-refractivity contribution < 1.29 is 19.4 Å². The van der Waals surface area contributed by atoms with Crippen molar-refractivity contribution >= 4 is 23.9 Å². The van der Waals surface area contributed by atoms with Crippen LogP contribution in [-0.2, 0) is 4.79 Å². The lowest BCUT2D eigenvalue weighted by atomic mass is 10.2. The van der Waals surface area contributed by atoms with Crippen molar-refractivity contribution in [3.05, 3.63) is 78.4 Å². The maximum atomic E-state index is 12.5. The summed E-state index contributed by atoms with van der Waals surface area (Å²) in [7, 11) is 1.62. The number of hydrogen-bond donors (Lipinski definition) is 2. The van der Waals surface area contributed by atoms with E-state index in [2.05, 4.69) is 20.7 Å². The summed E-state index contributed by atoms with van der Waals surface area (Å²) in [5.41, 5.74) is 4.94. The molecule has 0 aliphatic heterocycles. The van der Waals surface area contributed by atoms with Crippen LogP contribution in [-0.4, -0.2) is 51.5 Å². The summed E-state index contributed by atoms with van der Waals surface area (Å²) >= 11 is 1.25. The molecular weight excluding hydrogens is 478 g/mol. The number of phenolic OH excluding ortho intramolecular Hbond substituents is 1. The lowest BCUT2D eigenvalue weighted by Gasteiger charge is -2.11. The number of ether oxygens (including phenoxy) is 2. The molecule has 0 aliphatic rings. The zero-order chi connectivity index (χ0) is 25.3. The van der Waals surface area contributed by atoms with E-state index in [9.17, 15) is 9.90 Å². The maximum Gasteiger partial charge on any atom is 0.250 e. The molecule has 2 N–H and O–H groups in total. The fraction of sp³-hybridized carbons (Fsp3) is 0.154. The molecule has 184 valence electrons. The second-order valence-electron chi connectivity index (χ2n) is 7.45. The molecule has 10 heteroatoms. The first kappa shape index (κ1) is 24.8. The van der Waals surface area contributed by atoms with Gasteiger partial charge >= 0.3 is 0 Å². The number of amides is 1. The van der Waals surface area contributed by atoms with Gasteiger partial charge in [-0.15, -0.1) is 10.2 Å². The highest BCUT2D eigenvalue weighted by atomic mass is 32.2. The van der Waals surface area contributed by atoms with E-state index in [0.29, 0.717) is 28.9 Å². The molecule has 0 radical (unpaired) electrons. The number of carbonyl (C=O) groups excluding carboxylic acids is 1. The van der Waals surface area contributed by atoms with Crippen molar-refractivity contribution in [3.8, 4) is 34.3 Å². The van der Waals surface area contributed by atoms with Crippen molar-refractivity contribution in [2.24, 2.45) is 5.10 Å². The summed E-state index contributed by atoms with van der Waals surface area (Å²) in [6, 6.07) is 22.1. The maximum absolute atomic E-state index is 12.5. The molecule has 0 saturated carbocycles. The molecule has 1 amide bonds. The number of thioether (sulfide) groups is 1. The molecule has 0 bridgehead atoms. The van der Waals surface area contributed by atoms with E-state index in [1.54, 1.807) is 19.2 Å². The number of aromatic nitrogens is 3. The number of nitrogens with zero attached hydrogens (tertiary/aromatic N) is 4. The lowest BCUT2D eigenvalue weighted by Crippen LogP contribution is -2.20. The van der Waals surface area contributed by atoms with E-state index in [1.165, 1.54) is 24.0 Å². The third-order valence-corrected chi connectivity index (χ3v) is 5.94. The average Bonchev–Trinajstić information content (AvgIpc) is 3.34.